The molecule has 1 N–H and O–H groups in total. The van der Waals surface area contributed by atoms with Crippen LogP contribution < -0.4 is 5.32 Å². The first-order valence-electron chi connectivity index (χ1n) is 5.41. The van der Waals surface area contributed by atoms with E-state index in [9.17, 15) is 4.79 Å². The number of nitriles is 1. The van der Waals surface area contributed by atoms with E-state index in [-0.39, 0.29) is 5.91 Å². The number of rotatable bonds is 5. The van der Waals surface area contributed by atoms with Crippen molar-refractivity contribution in [1.82, 2.24) is 10.3 Å². The molecule has 84 valence electrons. The smallest absolute Gasteiger partial charge is 0.252 e. The third-order valence-corrected chi connectivity index (χ3v) is 2.20. The number of nitrogens with zero attached hydrogens (tertiary/aromatic N) is 2. The van der Waals surface area contributed by atoms with Crippen molar-refractivity contribution in [2.75, 3.05) is 6.54 Å². The number of amides is 1. The number of unbranched alkanes of at least 4 members (excludes halogenated alkanes) is 2. The molecule has 0 saturated carbocycles. The van der Waals surface area contributed by atoms with Crippen LogP contribution in [0.4, 0.5) is 0 Å². The first kappa shape index (κ1) is 12.2. The number of carbonyl (C=O) groups is 1. The Kier molecular flexibility index (Phi) is 5.00. The summed E-state index contributed by atoms with van der Waals surface area (Å²) in [4.78, 5) is 15.5. The molecule has 0 radical (unpaired) electrons. The summed E-state index contributed by atoms with van der Waals surface area (Å²) in [5.74, 6) is -0.166. The summed E-state index contributed by atoms with van der Waals surface area (Å²) in [6.45, 7) is 2.78. The molecule has 4 heteroatoms. The zero-order valence-corrected chi connectivity index (χ0v) is 9.36. The van der Waals surface area contributed by atoms with Gasteiger partial charge in [-0.3, -0.25) is 9.78 Å². The fourth-order valence-corrected chi connectivity index (χ4v) is 1.30. The number of hydrogen-bond donors (Lipinski definition) is 1. The monoisotopic (exact) mass is 217 g/mol. The van der Waals surface area contributed by atoms with Gasteiger partial charge < -0.3 is 5.32 Å². The zero-order chi connectivity index (χ0) is 11.8. The van der Waals surface area contributed by atoms with Crippen LogP contribution in [0.15, 0.2) is 18.5 Å². The molecular formula is C12H15N3O. The molecule has 1 heterocycles. The van der Waals surface area contributed by atoms with Crippen molar-refractivity contribution < 1.29 is 4.79 Å². The second kappa shape index (κ2) is 6.57. The Morgan fingerprint density at radius 2 is 2.31 bits per heavy atom. The van der Waals surface area contributed by atoms with Crippen molar-refractivity contribution in [3.63, 3.8) is 0 Å². The maximum atomic E-state index is 11.6. The van der Waals surface area contributed by atoms with Crippen LogP contribution in [0.1, 0.15) is 42.1 Å². The molecule has 0 aliphatic heterocycles. The number of nitrogens with one attached hydrogen (secondary N) is 1. The lowest BCUT2D eigenvalue weighted by atomic mass is 10.2. The average Bonchev–Trinajstić information content (AvgIpc) is 2.34. The van der Waals surface area contributed by atoms with E-state index in [1.807, 2.05) is 6.07 Å². The molecule has 0 spiro atoms. The maximum Gasteiger partial charge on any atom is 0.252 e. The van der Waals surface area contributed by atoms with Gasteiger partial charge in [-0.25, -0.2) is 0 Å². The van der Waals surface area contributed by atoms with Crippen molar-refractivity contribution in [3.8, 4) is 6.07 Å². The molecule has 1 aromatic rings. The molecule has 1 amide bonds. The lowest BCUT2D eigenvalue weighted by Gasteiger charge is -2.04. The van der Waals surface area contributed by atoms with E-state index >= 15 is 0 Å². The predicted octanol–water partition coefficient (Wildman–Crippen LogP) is 1.87. The van der Waals surface area contributed by atoms with Crippen LogP contribution in [0, 0.1) is 11.3 Å². The molecule has 0 bridgehead atoms. The molecular weight excluding hydrogens is 202 g/mol. The van der Waals surface area contributed by atoms with E-state index in [1.165, 1.54) is 12.4 Å². The summed E-state index contributed by atoms with van der Waals surface area (Å²) in [5, 5.41) is 11.5. The molecule has 0 fully saturated rings. The summed E-state index contributed by atoms with van der Waals surface area (Å²) < 4.78 is 0. The van der Waals surface area contributed by atoms with Crippen molar-refractivity contribution >= 4 is 5.91 Å². The van der Waals surface area contributed by atoms with Crippen LogP contribution in [-0.4, -0.2) is 17.4 Å². The molecule has 0 atom stereocenters. The molecule has 1 rings (SSSR count). The van der Waals surface area contributed by atoms with E-state index in [0.717, 1.165) is 19.3 Å². The first-order chi connectivity index (χ1) is 7.77. The van der Waals surface area contributed by atoms with Gasteiger partial charge in [-0.15, -0.1) is 0 Å². The third kappa shape index (κ3) is 3.70. The molecule has 1 aromatic heterocycles. The van der Waals surface area contributed by atoms with Gasteiger partial charge in [0.2, 0.25) is 0 Å². The van der Waals surface area contributed by atoms with Crippen molar-refractivity contribution in [2.45, 2.75) is 26.2 Å². The van der Waals surface area contributed by atoms with Crippen molar-refractivity contribution in [2.24, 2.45) is 0 Å². The minimum absolute atomic E-state index is 0.166. The van der Waals surface area contributed by atoms with Crippen LogP contribution in [0.5, 0.6) is 0 Å². The summed E-state index contributed by atoms with van der Waals surface area (Å²) in [6.07, 6.45) is 6.12. The Labute approximate surface area is 95.3 Å². The number of pyridine rings is 1. The molecule has 4 nitrogen and oxygen atoms in total. The van der Waals surface area contributed by atoms with Gasteiger partial charge in [-0.2, -0.15) is 5.26 Å². The Morgan fingerprint density at radius 3 is 3.00 bits per heavy atom. The summed E-state index contributed by atoms with van der Waals surface area (Å²) in [7, 11) is 0. The van der Waals surface area contributed by atoms with Crippen LogP contribution >= 0.6 is 0 Å². The fraction of sp³-hybridized carbons (Fsp3) is 0.417. The SMILES string of the molecule is CCCCCNC(=O)c1cncc(C#N)c1. The quantitative estimate of drug-likeness (QED) is 0.766. The highest BCUT2D eigenvalue weighted by molar-refractivity contribution is 5.94. The summed E-state index contributed by atoms with van der Waals surface area (Å²) >= 11 is 0. The second-order valence-corrected chi connectivity index (χ2v) is 3.54. The van der Waals surface area contributed by atoms with Gasteiger partial charge in [-0.1, -0.05) is 19.8 Å². The van der Waals surface area contributed by atoms with Gasteiger partial charge in [0, 0.05) is 18.9 Å². The summed E-state index contributed by atoms with van der Waals surface area (Å²) in [5.41, 5.74) is 0.844. The topological polar surface area (TPSA) is 65.8 Å². The van der Waals surface area contributed by atoms with E-state index in [4.69, 9.17) is 5.26 Å². The molecule has 0 aromatic carbocycles. The number of carbonyl (C=O) groups excluding carboxylic acids is 1. The highest BCUT2D eigenvalue weighted by atomic mass is 16.1. The zero-order valence-electron chi connectivity index (χ0n) is 9.36. The number of aromatic nitrogens is 1. The Hall–Kier alpha value is -1.89. The highest BCUT2D eigenvalue weighted by Gasteiger charge is 2.05. The first-order valence-corrected chi connectivity index (χ1v) is 5.41. The number of hydrogen-bond acceptors (Lipinski definition) is 3. The third-order valence-electron chi connectivity index (χ3n) is 2.20. The van der Waals surface area contributed by atoms with E-state index < -0.39 is 0 Å². The lowest BCUT2D eigenvalue weighted by molar-refractivity contribution is 0.0952. The minimum atomic E-state index is -0.166. The standard InChI is InChI=1S/C12H15N3O/c1-2-3-4-5-15-12(16)11-6-10(7-13)8-14-9-11/h6,8-9H,2-5H2,1H3,(H,15,16). The molecule has 16 heavy (non-hydrogen) atoms. The highest BCUT2D eigenvalue weighted by Crippen LogP contribution is 2.01. The average molecular weight is 217 g/mol. The van der Waals surface area contributed by atoms with Gasteiger partial charge in [-0.05, 0) is 12.5 Å². The molecule has 0 aliphatic carbocycles. The fourth-order valence-electron chi connectivity index (χ4n) is 1.30. The largest absolute Gasteiger partial charge is 0.352 e. The minimum Gasteiger partial charge on any atom is -0.352 e. The van der Waals surface area contributed by atoms with E-state index in [0.29, 0.717) is 17.7 Å². The van der Waals surface area contributed by atoms with Gasteiger partial charge in [0.1, 0.15) is 6.07 Å². The molecule has 0 saturated heterocycles. The van der Waals surface area contributed by atoms with Gasteiger partial charge in [0.05, 0.1) is 11.1 Å². The van der Waals surface area contributed by atoms with E-state index in [2.05, 4.69) is 17.2 Å². The van der Waals surface area contributed by atoms with Gasteiger partial charge >= 0.3 is 0 Å². The van der Waals surface area contributed by atoms with Crippen LogP contribution in [0.25, 0.3) is 0 Å². The van der Waals surface area contributed by atoms with Gasteiger partial charge in [0.15, 0.2) is 0 Å². The van der Waals surface area contributed by atoms with Crippen LogP contribution in [0.3, 0.4) is 0 Å². The lowest BCUT2D eigenvalue weighted by Crippen LogP contribution is -2.24. The normalized spacial score (nSPS) is 9.50. The second-order valence-electron chi connectivity index (χ2n) is 3.54. The van der Waals surface area contributed by atoms with Gasteiger partial charge in [0.25, 0.3) is 5.91 Å². The molecule has 0 unspecified atom stereocenters. The van der Waals surface area contributed by atoms with Crippen LogP contribution in [0.2, 0.25) is 0 Å². The Morgan fingerprint density at radius 1 is 1.50 bits per heavy atom. The summed E-state index contributed by atoms with van der Waals surface area (Å²) in [6, 6.07) is 3.50. The Balaban J connectivity index is 2.50. The predicted molar refractivity (Wildman–Crippen MR) is 60.8 cm³/mol. The van der Waals surface area contributed by atoms with Crippen molar-refractivity contribution in [1.29, 1.82) is 5.26 Å². The Bertz CT molecular complexity index is 395. The molecule has 0 aliphatic rings. The van der Waals surface area contributed by atoms with E-state index in [1.54, 1.807) is 6.07 Å². The van der Waals surface area contributed by atoms with Crippen LogP contribution in [-0.2, 0) is 0 Å². The van der Waals surface area contributed by atoms with Crippen molar-refractivity contribution in [3.05, 3.63) is 29.6 Å². The maximum absolute atomic E-state index is 11.6.